The second-order valence-corrected chi connectivity index (χ2v) is 8.05. The highest BCUT2D eigenvalue weighted by molar-refractivity contribution is 7.99. The number of nitro groups is 1. The zero-order chi connectivity index (χ0) is 22.7. The van der Waals surface area contributed by atoms with E-state index in [0.717, 1.165) is 11.8 Å². The Morgan fingerprint density at radius 1 is 1.06 bits per heavy atom. The van der Waals surface area contributed by atoms with Gasteiger partial charge in [0.2, 0.25) is 5.91 Å². The van der Waals surface area contributed by atoms with E-state index in [4.69, 9.17) is 11.6 Å². The molecular formula is C22H15ClN4O4S. The van der Waals surface area contributed by atoms with Crippen LogP contribution < -0.4 is 10.9 Å². The van der Waals surface area contributed by atoms with Crippen LogP contribution >= 0.6 is 23.4 Å². The zero-order valence-corrected chi connectivity index (χ0v) is 18.0. The number of halogens is 1. The Morgan fingerprint density at radius 3 is 2.44 bits per heavy atom. The van der Waals surface area contributed by atoms with Crippen molar-refractivity contribution in [2.45, 2.75) is 5.16 Å². The molecule has 1 N–H and O–H groups in total. The third-order valence-corrected chi connectivity index (χ3v) is 5.71. The molecule has 0 aliphatic carbocycles. The number of anilines is 1. The predicted octanol–water partition coefficient (Wildman–Crippen LogP) is 4.68. The number of nitrogens with zero attached hydrogens (tertiary/aromatic N) is 3. The van der Waals surface area contributed by atoms with Crippen molar-refractivity contribution in [3.05, 3.63) is 98.3 Å². The van der Waals surface area contributed by atoms with Crippen LogP contribution in [0.25, 0.3) is 16.6 Å². The minimum Gasteiger partial charge on any atom is -0.325 e. The van der Waals surface area contributed by atoms with E-state index in [9.17, 15) is 19.7 Å². The van der Waals surface area contributed by atoms with E-state index in [0.29, 0.717) is 32.5 Å². The first-order valence-corrected chi connectivity index (χ1v) is 10.7. The first kappa shape index (κ1) is 21.5. The van der Waals surface area contributed by atoms with Crippen LogP contribution in [-0.4, -0.2) is 26.1 Å². The molecule has 4 aromatic rings. The molecule has 3 aromatic carbocycles. The van der Waals surface area contributed by atoms with Gasteiger partial charge >= 0.3 is 0 Å². The van der Waals surface area contributed by atoms with Crippen LogP contribution in [0, 0.1) is 10.1 Å². The van der Waals surface area contributed by atoms with Crippen molar-refractivity contribution in [1.82, 2.24) is 9.55 Å². The molecular weight excluding hydrogens is 452 g/mol. The molecule has 10 heteroatoms. The second kappa shape index (κ2) is 9.21. The minimum absolute atomic E-state index is 0.0185. The number of hydrogen-bond acceptors (Lipinski definition) is 6. The number of thioether (sulfide) groups is 1. The van der Waals surface area contributed by atoms with E-state index in [1.165, 1.54) is 28.8 Å². The van der Waals surface area contributed by atoms with Crippen molar-refractivity contribution < 1.29 is 9.72 Å². The van der Waals surface area contributed by atoms with Gasteiger partial charge in [-0.2, -0.15) is 0 Å². The number of non-ortho nitro benzene ring substituents is 1. The number of aromatic nitrogens is 2. The Balaban J connectivity index is 1.61. The molecule has 32 heavy (non-hydrogen) atoms. The van der Waals surface area contributed by atoms with Crippen molar-refractivity contribution >= 4 is 51.5 Å². The molecule has 0 saturated carbocycles. The molecule has 0 fully saturated rings. The highest BCUT2D eigenvalue weighted by Gasteiger charge is 2.15. The number of nitrogens with one attached hydrogen (secondary N) is 1. The number of benzene rings is 3. The molecule has 4 rings (SSSR count). The van der Waals surface area contributed by atoms with Gasteiger partial charge in [0.1, 0.15) is 0 Å². The summed E-state index contributed by atoms with van der Waals surface area (Å²) in [5.41, 5.74) is 1.22. The summed E-state index contributed by atoms with van der Waals surface area (Å²) >= 11 is 7.09. The highest BCUT2D eigenvalue weighted by atomic mass is 35.5. The Kier molecular flexibility index (Phi) is 6.20. The summed E-state index contributed by atoms with van der Waals surface area (Å²) in [7, 11) is 0. The van der Waals surface area contributed by atoms with Gasteiger partial charge in [0.15, 0.2) is 5.16 Å². The number of nitro benzene ring substituents is 1. The summed E-state index contributed by atoms with van der Waals surface area (Å²) in [6.07, 6.45) is 0. The van der Waals surface area contributed by atoms with E-state index in [1.54, 1.807) is 48.5 Å². The van der Waals surface area contributed by atoms with Crippen LogP contribution in [0.5, 0.6) is 0 Å². The van der Waals surface area contributed by atoms with Crippen LogP contribution in [0.2, 0.25) is 5.02 Å². The number of carbonyl (C=O) groups excluding carboxylic acids is 1. The summed E-state index contributed by atoms with van der Waals surface area (Å²) in [4.78, 5) is 40.5. The molecule has 1 heterocycles. The van der Waals surface area contributed by atoms with Crippen LogP contribution in [-0.2, 0) is 4.79 Å². The maximum Gasteiger partial charge on any atom is 0.269 e. The molecule has 0 unspecified atom stereocenters. The Labute approximate surface area is 191 Å². The molecule has 0 aliphatic heterocycles. The number of amides is 1. The topological polar surface area (TPSA) is 107 Å². The average Bonchev–Trinajstić information content (AvgIpc) is 2.79. The van der Waals surface area contributed by atoms with Gasteiger partial charge in [0, 0.05) is 22.8 Å². The van der Waals surface area contributed by atoms with Gasteiger partial charge < -0.3 is 5.32 Å². The van der Waals surface area contributed by atoms with Crippen molar-refractivity contribution in [1.29, 1.82) is 0 Å². The summed E-state index contributed by atoms with van der Waals surface area (Å²) in [6, 6.07) is 19.3. The van der Waals surface area contributed by atoms with Crippen molar-refractivity contribution in [3.63, 3.8) is 0 Å². The van der Waals surface area contributed by atoms with Crippen molar-refractivity contribution in [2.75, 3.05) is 11.1 Å². The van der Waals surface area contributed by atoms with Crippen LogP contribution in [0.3, 0.4) is 0 Å². The number of fused-ring (bicyclic) bond motifs is 1. The molecule has 0 spiro atoms. The van der Waals surface area contributed by atoms with Gasteiger partial charge in [-0.3, -0.25) is 24.3 Å². The molecule has 0 aliphatic rings. The highest BCUT2D eigenvalue weighted by Crippen LogP contribution is 2.23. The summed E-state index contributed by atoms with van der Waals surface area (Å²) < 4.78 is 1.45. The lowest BCUT2D eigenvalue weighted by Crippen LogP contribution is -2.23. The largest absolute Gasteiger partial charge is 0.325 e. The third-order valence-electron chi connectivity index (χ3n) is 4.52. The van der Waals surface area contributed by atoms with Gasteiger partial charge in [-0.1, -0.05) is 35.5 Å². The second-order valence-electron chi connectivity index (χ2n) is 6.67. The maximum atomic E-state index is 13.2. The molecule has 0 atom stereocenters. The fourth-order valence-corrected chi connectivity index (χ4v) is 3.96. The fraction of sp³-hybridized carbons (Fsp3) is 0.0455. The van der Waals surface area contributed by atoms with E-state index in [-0.39, 0.29) is 22.9 Å². The third kappa shape index (κ3) is 4.63. The molecule has 0 saturated heterocycles. The van der Waals surface area contributed by atoms with Crippen LogP contribution in [0.4, 0.5) is 11.4 Å². The molecule has 1 aromatic heterocycles. The Hall–Kier alpha value is -3.69. The van der Waals surface area contributed by atoms with Crippen LogP contribution in [0.15, 0.2) is 82.7 Å². The molecule has 8 nitrogen and oxygen atoms in total. The normalized spacial score (nSPS) is 10.8. The minimum atomic E-state index is -0.511. The predicted molar refractivity (Wildman–Crippen MR) is 125 cm³/mol. The van der Waals surface area contributed by atoms with Gasteiger partial charge in [-0.15, -0.1) is 0 Å². The zero-order valence-electron chi connectivity index (χ0n) is 16.4. The summed E-state index contributed by atoms with van der Waals surface area (Å²) in [6.45, 7) is 0. The standard InChI is InChI=1S/C22H15ClN4O4S/c23-14-5-9-16(10-6-14)26-21(29)18-3-1-2-4-19(18)25-22(26)32-13-20(28)24-15-7-11-17(12-8-15)27(30)31/h1-12H,13H2,(H,24,28). The number of hydrogen-bond donors (Lipinski definition) is 1. The number of carbonyl (C=O) groups is 1. The smallest absolute Gasteiger partial charge is 0.269 e. The van der Waals surface area contributed by atoms with Gasteiger partial charge in [0.25, 0.3) is 11.2 Å². The van der Waals surface area contributed by atoms with E-state index < -0.39 is 4.92 Å². The summed E-state index contributed by atoms with van der Waals surface area (Å²) in [5.74, 6) is -0.357. The average molecular weight is 467 g/mol. The first-order valence-electron chi connectivity index (χ1n) is 9.37. The monoisotopic (exact) mass is 466 g/mol. The Bertz CT molecular complexity index is 1370. The SMILES string of the molecule is O=C(CSc1nc2ccccc2c(=O)n1-c1ccc(Cl)cc1)Nc1ccc([N+](=O)[O-])cc1. The van der Waals surface area contributed by atoms with Gasteiger partial charge in [-0.05, 0) is 48.5 Å². The molecule has 0 radical (unpaired) electrons. The first-order chi connectivity index (χ1) is 15.4. The summed E-state index contributed by atoms with van der Waals surface area (Å²) in [5, 5.41) is 14.8. The number of para-hydroxylation sites is 1. The number of rotatable bonds is 6. The quantitative estimate of drug-likeness (QED) is 0.191. The molecule has 160 valence electrons. The lowest BCUT2D eigenvalue weighted by Gasteiger charge is -2.13. The molecule has 0 bridgehead atoms. The van der Waals surface area contributed by atoms with E-state index in [1.807, 2.05) is 0 Å². The van der Waals surface area contributed by atoms with E-state index in [2.05, 4.69) is 10.3 Å². The van der Waals surface area contributed by atoms with Gasteiger partial charge in [-0.25, -0.2) is 4.98 Å². The van der Waals surface area contributed by atoms with Crippen molar-refractivity contribution in [2.24, 2.45) is 0 Å². The van der Waals surface area contributed by atoms with Crippen LogP contribution in [0.1, 0.15) is 0 Å². The van der Waals surface area contributed by atoms with E-state index >= 15 is 0 Å². The lowest BCUT2D eigenvalue weighted by molar-refractivity contribution is -0.384. The Morgan fingerprint density at radius 2 is 1.75 bits per heavy atom. The maximum absolute atomic E-state index is 13.2. The molecule has 1 amide bonds. The fourth-order valence-electron chi connectivity index (χ4n) is 3.02. The van der Waals surface area contributed by atoms with Gasteiger partial charge in [0.05, 0.1) is 27.3 Å². The van der Waals surface area contributed by atoms with Crippen molar-refractivity contribution in [3.8, 4) is 5.69 Å². The lowest BCUT2D eigenvalue weighted by atomic mass is 10.2.